The number of H-pyrrole nitrogens is 1. The molecule has 2 aromatic heterocycles. The summed E-state index contributed by atoms with van der Waals surface area (Å²) in [5.74, 6) is -0.376. The number of nitrogens with zero attached hydrogens (tertiary/aromatic N) is 2. The molecule has 0 aliphatic carbocycles. The molecular formula is C12H12N4O2. The fraction of sp³-hybridized carbons (Fsp3) is 0.167. The van der Waals surface area contributed by atoms with E-state index >= 15 is 0 Å². The molecule has 0 saturated heterocycles. The molecule has 6 heteroatoms. The normalized spacial score (nSPS) is 13.0. The molecule has 0 saturated carbocycles. The summed E-state index contributed by atoms with van der Waals surface area (Å²) in [4.78, 5) is 11.4. The molecule has 0 aliphatic heterocycles. The quantitative estimate of drug-likeness (QED) is 0.700. The summed E-state index contributed by atoms with van der Waals surface area (Å²) in [6.07, 6.45) is 3.42. The van der Waals surface area contributed by atoms with Crippen LogP contribution in [0.3, 0.4) is 0 Å². The maximum atomic E-state index is 11.4. The highest BCUT2D eigenvalue weighted by molar-refractivity contribution is 5.74. The molecule has 92 valence electrons. The Morgan fingerprint density at radius 1 is 1.44 bits per heavy atom. The molecule has 0 spiro atoms. The van der Waals surface area contributed by atoms with Gasteiger partial charge in [-0.05, 0) is 17.7 Å². The Morgan fingerprint density at radius 3 is 3.00 bits per heavy atom. The van der Waals surface area contributed by atoms with E-state index in [-0.39, 0.29) is 11.8 Å². The van der Waals surface area contributed by atoms with Crippen LogP contribution in [0.4, 0.5) is 0 Å². The fourth-order valence-corrected chi connectivity index (χ4v) is 1.97. The van der Waals surface area contributed by atoms with E-state index in [1.165, 1.54) is 4.57 Å². The van der Waals surface area contributed by atoms with Crippen LogP contribution in [0.15, 0.2) is 39.8 Å². The van der Waals surface area contributed by atoms with Crippen LogP contribution < -0.4 is 11.5 Å². The van der Waals surface area contributed by atoms with Crippen molar-refractivity contribution in [3.63, 3.8) is 0 Å². The minimum atomic E-state index is -0.376. The van der Waals surface area contributed by atoms with Crippen LogP contribution in [0.1, 0.15) is 17.2 Å². The van der Waals surface area contributed by atoms with Gasteiger partial charge in [0.2, 0.25) is 0 Å². The van der Waals surface area contributed by atoms with Crippen LogP contribution in [0, 0.1) is 0 Å². The summed E-state index contributed by atoms with van der Waals surface area (Å²) >= 11 is 0. The third kappa shape index (κ3) is 1.54. The van der Waals surface area contributed by atoms with Gasteiger partial charge in [0.15, 0.2) is 5.58 Å². The van der Waals surface area contributed by atoms with E-state index in [1.54, 1.807) is 25.5 Å². The van der Waals surface area contributed by atoms with Crippen LogP contribution >= 0.6 is 0 Å². The van der Waals surface area contributed by atoms with Gasteiger partial charge in [-0.3, -0.25) is 9.67 Å². The van der Waals surface area contributed by atoms with E-state index in [9.17, 15) is 4.79 Å². The maximum Gasteiger partial charge on any atom is 0.419 e. The van der Waals surface area contributed by atoms with Crippen molar-refractivity contribution < 1.29 is 4.42 Å². The Labute approximate surface area is 102 Å². The van der Waals surface area contributed by atoms with Gasteiger partial charge in [-0.25, -0.2) is 4.79 Å². The number of benzene rings is 1. The number of nitrogens with two attached hydrogens (primary N) is 1. The fourth-order valence-electron chi connectivity index (χ4n) is 1.97. The Kier molecular flexibility index (Phi) is 2.31. The van der Waals surface area contributed by atoms with Crippen LogP contribution in [0.5, 0.6) is 0 Å². The largest absolute Gasteiger partial charge is 0.419 e. The molecule has 1 unspecified atom stereocenters. The van der Waals surface area contributed by atoms with E-state index in [0.29, 0.717) is 5.58 Å². The Bertz CT molecular complexity index is 739. The highest BCUT2D eigenvalue weighted by Crippen LogP contribution is 2.22. The van der Waals surface area contributed by atoms with Gasteiger partial charge in [-0.15, -0.1) is 0 Å². The zero-order valence-corrected chi connectivity index (χ0v) is 9.75. The minimum absolute atomic E-state index is 0.293. The van der Waals surface area contributed by atoms with E-state index in [2.05, 4.69) is 10.2 Å². The second-order valence-corrected chi connectivity index (χ2v) is 4.16. The van der Waals surface area contributed by atoms with E-state index < -0.39 is 0 Å². The van der Waals surface area contributed by atoms with Crippen molar-refractivity contribution in [1.82, 2.24) is 14.8 Å². The molecule has 0 amide bonds. The van der Waals surface area contributed by atoms with Gasteiger partial charge in [0.1, 0.15) is 0 Å². The summed E-state index contributed by atoms with van der Waals surface area (Å²) in [6, 6.07) is 5.21. The summed E-state index contributed by atoms with van der Waals surface area (Å²) < 4.78 is 6.60. The SMILES string of the molecule is Cn1c(=O)oc2cc(C(N)c3cn[nH]c3)ccc21. The van der Waals surface area contributed by atoms with Crippen molar-refractivity contribution in [2.45, 2.75) is 6.04 Å². The molecule has 6 nitrogen and oxygen atoms in total. The molecule has 0 bridgehead atoms. The Morgan fingerprint density at radius 2 is 2.28 bits per heavy atom. The van der Waals surface area contributed by atoms with Crippen molar-refractivity contribution in [2.24, 2.45) is 12.8 Å². The molecular weight excluding hydrogens is 232 g/mol. The number of aryl methyl sites for hydroxylation is 1. The van der Waals surface area contributed by atoms with Crippen molar-refractivity contribution in [3.8, 4) is 0 Å². The van der Waals surface area contributed by atoms with Crippen LogP contribution in [0.25, 0.3) is 11.1 Å². The van der Waals surface area contributed by atoms with Crippen molar-refractivity contribution in [1.29, 1.82) is 0 Å². The summed E-state index contributed by atoms with van der Waals surface area (Å²) in [5, 5.41) is 6.59. The van der Waals surface area contributed by atoms with Gasteiger partial charge in [0.05, 0.1) is 17.8 Å². The lowest BCUT2D eigenvalue weighted by Crippen LogP contribution is -2.11. The lowest BCUT2D eigenvalue weighted by molar-refractivity contribution is 0.527. The minimum Gasteiger partial charge on any atom is -0.408 e. The van der Waals surface area contributed by atoms with E-state index in [0.717, 1.165) is 16.6 Å². The first-order chi connectivity index (χ1) is 8.66. The zero-order chi connectivity index (χ0) is 12.7. The van der Waals surface area contributed by atoms with Crippen LogP contribution in [-0.2, 0) is 7.05 Å². The third-order valence-corrected chi connectivity index (χ3v) is 3.05. The number of aromatic nitrogens is 3. The standard InChI is InChI=1S/C12H12N4O2/c1-16-9-3-2-7(4-10(9)18-12(16)17)11(13)8-5-14-15-6-8/h2-6,11H,13H2,1H3,(H,14,15). The highest BCUT2D eigenvalue weighted by Gasteiger charge is 2.13. The molecule has 18 heavy (non-hydrogen) atoms. The third-order valence-electron chi connectivity index (χ3n) is 3.05. The number of hydrogen-bond acceptors (Lipinski definition) is 4. The van der Waals surface area contributed by atoms with Crippen molar-refractivity contribution in [3.05, 3.63) is 52.3 Å². The molecule has 1 atom stereocenters. The van der Waals surface area contributed by atoms with Crippen LogP contribution in [-0.4, -0.2) is 14.8 Å². The van der Waals surface area contributed by atoms with Crippen LogP contribution in [0.2, 0.25) is 0 Å². The molecule has 3 rings (SSSR count). The lowest BCUT2D eigenvalue weighted by atomic mass is 10.0. The average molecular weight is 244 g/mol. The average Bonchev–Trinajstić information content (AvgIpc) is 2.98. The maximum absolute atomic E-state index is 11.4. The molecule has 3 aromatic rings. The molecule has 2 heterocycles. The molecule has 0 radical (unpaired) electrons. The number of nitrogens with one attached hydrogen (secondary N) is 1. The predicted octanol–water partition coefficient (Wildman–Crippen LogP) is 0.903. The van der Waals surface area contributed by atoms with Gasteiger partial charge in [0, 0.05) is 18.8 Å². The topological polar surface area (TPSA) is 89.8 Å². The first-order valence-electron chi connectivity index (χ1n) is 5.50. The summed E-state index contributed by atoms with van der Waals surface area (Å²) in [6.45, 7) is 0. The first-order valence-corrected chi connectivity index (χ1v) is 5.50. The van der Waals surface area contributed by atoms with Gasteiger partial charge in [-0.2, -0.15) is 5.10 Å². The summed E-state index contributed by atoms with van der Waals surface area (Å²) in [7, 11) is 1.67. The van der Waals surface area contributed by atoms with E-state index in [4.69, 9.17) is 10.2 Å². The summed E-state index contributed by atoms with van der Waals surface area (Å²) in [5.41, 5.74) is 9.16. The second-order valence-electron chi connectivity index (χ2n) is 4.16. The number of fused-ring (bicyclic) bond motifs is 1. The highest BCUT2D eigenvalue weighted by atomic mass is 16.4. The Balaban J connectivity index is 2.11. The van der Waals surface area contributed by atoms with E-state index in [1.807, 2.05) is 12.1 Å². The molecule has 1 aromatic carbocycles. The predicted molar refractivity (Wildman–Crippen MR) is 66.1 cm³/mol. The Hall–Kier alpha value is -2.34. The molecule has 0 fully saturated rings. The second kappa shape index (κ2) is 3.85. The lowest BCUT2D eigenvalue weighted by Gasteiger charge is -2.09. The van der Waals surface area contributed by atoms with Gasteiger partial charge >= 0.3 is 5.76 Å². The smallest absolute Gasteiger partial charge is 0.408 e. The molecule has 0 aliphatic rings. The van der Waals surface area contributed by atoms with Gasteiger partial charge < -0.3 is 10.2 Å². The zero-order valence-electron chi connectivity index (χ0n) is 9.75. The van der Waals surface area contributed by atoms with Crippen molar-refractivity contribution >= 4 is 11.1 Å². The number of oxazole rings is 1. The first kappa shape index (κ1) is 10.8. The van der Waals surface area contributed by atoms with Gasteiger partial charge in [0.25, 0.3) is 0 Å². The van der Waals surface area contributed by atoms with Crippen molar-refractivity contribution in [2.75, 3.05) is 0 Å². The molecule has 3 N–H and O–H groups in total. The van der Waals surface area contributed by atoms with Gasteiger partial charge in [-0.1, -0.05) is 6.07 Å². The number of aromatic amines is 1. The number of rotatable bonds is 2. The monoisotopic (exact) mass is 244 g/mol. The number of hydrogen-bond donors (Lipinski definition) is 2.